The highest BCUT2D eigenvalue weighted by atomic mass is 19.1. The molecule has 25 heavy (non-hydrogen) atoms. The largest absolute Gasteiger partial charge is 0.508 e. The zero-order valence-electron chi connectivity index (χ0n) is 13.5. The molecule has 1 amide bonds. The van der Waals surface area contributed by atoms with Crippen LogP contribution in [-0.2, 0) is 4.79 Å². The van der Waals surface area contributed by atoms with Crippen molar-refractivity contribution in [3.63, 3.8) is 0 Å². The maximum atomic E-state index is 13.2. The van der Waals surface area contributed by atoms with Crippen LogP contribution >= 0.6 is 0 Å². The Morgan fingerprint density at radius 2 is 1.96 bits per heavy atom. The average Bonchev–Trinajstić information content (AvgIpc) is 3.06. The standard InChI is InChI=1S/C19H16FN3O2/c1-10-6-14-13(7-18(25)22-16(14)8-17(10)24)15-9-21-23-19(15)11-2-4-12(20)5-3-11/h2-6,8-9,13,24H,7H2,1H3,(H,21,23)(H,22,25). The Kier molecular flexibility index (Phi) is 3.53. The van der Waals surface area contributed by atoms with Gasteiger partial charge in [-0.05, 0) is 48.4 Å². The fourth-order valence-corrected chi connectivity index (χ4v) is 3.29. The normalized spacial score (nSPS) is 16.4. The lowest BCUT2D eigenvalue weighted by Gasteiger charge is -2.26. The van der Waals surface area contributed by atoms with Gasteiger partial charge in [0.25, 0.3) is 0 Å². The van der Waals surface area contributed by atoms with Crippen molar-refractivity contribution in [1.29, 1.82) is 0 Å². The number of fused-ring (bicyclic) bond motifs is 1. The number of aromatic amines is 1. The fourth-order valence-electron chi connectivity index (χ4n) is 3.29. The van der Waals surface area contributed by atoms with E-state index in [0.29, 0.717) is 11.4 Å². The number of phenolic OH excluding ortho intramolecular Hbond substituents is 1. The second-order valence-electron chi connectivity index (χ2n) is 6.23. The average molecular weight is 337 g/mol. The van der Waals surface area contributed by atoms with E-state index >= 15 is 0 Å². The number of nitrogens with one attached hydrogen (secondary N) is 2. The molecule has 126 valence electrons. The zero-order valence-corrected chi connectivity index (χ0v) is 13.5. The van der Waals surface area contributed by atoms with E-state index in [1.807, 2.05) is 13.0 Å². The van der Waals surface area contributed by atoms with Crippen molar-refractivity contribution in [1.82, 2.24) is 10.2 Å². The molecular weight excluding hydrogens is 321 g/mol. The van der Waals surface area contributed by atoms with Crippen molar-refractivity contribution in [3.8, 4) is 17.0 Å². The van der Waals surface area contributed by atoms with E-state index in [2.05, 4.69) is 15.5 Å². The van der Waals surface area contributed by atoms with Gasteiger partial charge in [0.15, 0.2) is 0 Å². The highest BCUT2D eigenvalue weighted by Gasteiger charge is 2.30. The molecule has 4 rings (SSSR count). The molecule has 6 heteroatoms. The minimum absolute atomic E-state index is 0.119. The Bertz CT molecular complexity index is 963. The van der Waals surface area contributed by atoms with Gasteiger partial charge >= 0.3 is 0 Å². The van der Waals surface area contributed by atoms with E-state index in [0.717, 1.165) is 22.3 Å². The lowest BCUT2D eigenvalue weighted by atomic mass is 9.83. The molecule has 3 N–H and O–H groups in total. The number of aromatic hydroxyl groups is 1. The Balaban J connectivity index is 1.84. The predicted octanol–water partition coefficient (Wildman–Crippen LogP) is 3.70. The van der Waals surface area contributed by atoms with Gasteiger partial charge in [-0.3, -0.25) is 9.89 Å². The van der Waals surface area contributed by atoms with Gasteiger partial charge < -0.3 is 10.4 Å². The van der Waals surface area contributed by atoms with Gasteiger partial charge in [-0.25, -0.2) is 4.39 Å². The molecule has 0 bridgehead atoms. The number of phenols is 1. The van der Waals surface area contributed by atoms with Crippen LogP contribution in [0.2, 0.25) is 0 Å². The fraction of sp³-hybridized carbons (Fsp3) is 0.158. The molecule has 2 aromatic carbocycles. The van der Waals surface area contributed by atoms with Gasteiger partial charge in [0.2, 0.25) is 5.91 Å². The summed E-state index contributed by atoms with van der Waals surface area (Å²) >= 11 is 0. The molecule has 0 fully saturated rings. The Hall–Kier alpha value is -3.15. The molecule has 5 nitrogen and oxygen atoms in total. The molecule has 0 aliphatic carbocycles. The van der Waals surface area contributed by atoms with Gasteiger partial charge in [0, 0.05) is 41.4 Å². The molecule has 1 aliphatic rings. The smallest absolute Gasteiger partial charge is 0.225 e. The number of aryl methyl sites for hydroxylation is 1. The molecule has 2 heterocycles. The van der Waals surface area contributed by atoms with Crippen molar-refractivity contribution in [2.24, 2.45) is 0 Å². The van der Waals surface area contributed by atoms with Crippen molar-refractivity contribution < 1.29 is 14.3 Å². The molecule has 0 spiro atoms. The summed E-state index contributed by atoms with van der Waals surface area (Å²) in [5.41, 5.74) is 4.62. The Morgan fingerprint density at radius 3 is 2.72 bits per heavy atom. The van der Waals surface area contributed by atoms with Gasteiger partial charge in [-0.15, -0.1) is 0 Å². The number of H-pyrrole nitrogens is 1. The molecule has 1 aliphatic heterocycles. The lowest BCUT2D eigenvalue weighted by molar-refractivity contribution is -0.116. The number of carbonyl (C=O) groups is 1. The third-order valence-corrected chi connectivity index (χ3v) is 4.57. The number of hydrogen-bond acceptors (Lipinski definition) is 3. The summed E-state index contributed by atoms with van der Waals surface area (Å²) in [6.45, 7) is 1.82. The van der Waals surface area contributed by atoms with Crippen LogP contribution in [0, 0.1) is 12.7 Å². The Morgan fingerprint density at radius 1 is 1.20 bits per heavy atom. The molecule has 1 unspecified atom stereocenters. The number of carbonyl (C=O) groups excluding carboxylic acids is 1. The van der Waals surface area contributed by atoms with Crippen LogP contribution in [0.1, 0.15) is 29.0 Å². The van der Waals surface area contributed by atoms with E-state index < -0.39 is 0 Å². The summed E-state index contributed by atoms with van der Waals surface area (Å²) in [5.74, 6) is -0.478. The van der Waals surface area contributed by atoms with Gasteiger partial charge in [0.05, 0.1) is 5.69 Å². The predicted molar refractivity (Wildman–Crippen MR) is 91.9 cm³/mol. The highest BCUT2D eigenvalue weighted by molar-refractivity contribution is 5.96. The van der Waals surface area contributed by atoms with Crippen molar-refractivity contribution in [2.45, 2.75) is 19.3 Å². The summed E-state index contributed by atoms with van der Waals surface area (Å²) in [6, 6.07) is 9.57. The van der Waals surface area contributed by atoms with Crippen LogP contribution in [0.25, 0.3) is 11.3 Å². The minimum atomic E-state index is -0.311. The first-order chi connectivity index (χ1) is 12.0. The quantitative estimate of drug-likeness (QED) is 0.667. The van der Waals surface area contributed by atoms with E-state index in [4.69, 9.17) is 0 Å². The molecule has 0 saturated carbocycles. The monoisotopic (exact) mass is 337 g/mol. The number of benzene rings is 2. The topological polar surface area (TPSA) is 78.0 Å². The van der Waals surface area contributed by atoms with Crippen LogP contribution in [-0.4, -0.2) is 21.2 Å². The number of aromatic nitrogens is 2. The van der Waals surface area contributed by atoms with Gasteiger partial charge in [-0.1, -0.05) is 0 Å². The molecule has 1 aromatic heterocycles. The minimum Gasteiger partial charge on any atom is -0.508 e. The van der Waals surface area contributed by atoms with Crippen molar-refractivity contribution >= 4 is 11.6 Å². The van der Waals surface area contributed by atoms with Crippen LogP contribution in [0.3, 0.4) is 0 Å². The first kappa shape index (κ1) is 15.4. The molecule has 0 radical (unpaired) electrons. The van der Waals surface area contributed by atoms with E-state index in [1.165, 1.54) is 12.1 Å². The number of amides is 1. The van der Waals surface area contributed by atoms with Crippen LogP contribution in [0.4, 0.5) is 10.1 Å². The van der Waals surface area contributed by atoms with E-state index in [-0.39, 0.29) is 29.8 Å². The molecule has 1 atom stereocenters. The number of nitrogens with zero attached hydrogens (tertiary/aromatic N) is 1. The molecule has 3 aromatic rings. The maximum absolute atomic E-state index is 13.2. The third-order valence-electron chi connectivity index (χ3n) is 4.57. The molecule has 0 saturated heterocycles. The number of halogens is 1. The first-order valence-corrected chi connectivity index (χ1v) is 7.96. The zero-order chi connectivity index (χ0) is 17.6. The van der Waals surface area contributed by atoms with E-state index in [1.54, 1.807) is 24.4 Å². The summed E-state index contributed by atoms with van der Waals surface area (Å²) in [4.78, 5) is 12.1. The second-order valence-corrected chi connectivity index (χ2v) is 6.23. The van der Waals surface area contributed by atoms with Crippen molar-refractivity contribution in [3.05, 3.63) is 65.1 Å². The van der Waals surface area contributed by atoms with Crippen LogP contribution in [0.5, 0.6) is 5.75 Å². The SMILES string of the molecule is Cc1cc2c(cc1O)NC(=O)CC2c1c[nH]nc1-c1ccc(F)cc1. The lowest BCUT2D eigenvalue weighted by Crippen LogP contribution is -2.23. The van der Waals surface area contributed by atoms with E-state index in [9.17, 15) is 14.3 Å². The molecular formula is C19H16FN3O2. The second kappa shape index (κ2) is 5.73. The van der Waals surface area contributed by atoms with Gasteiger partial charge in [-0.2, -0.15) is 5.10 Å². The summed E-state index contributed by atoms with van der Waals surface area (Å²) in [6.07, 6.45) is 2.05. The summed E-state index contributed by atoms with van der Waals surface area (Å²) < 4.78 is 13.2. The summed E-state index contributed by atoms with van der Waals surface area (Å²) in [5, 5.41) is 19.9. The first-order valence-electron chi connectivity index (χ1n) is 7.96. The highest BCUT2D eigenvalue weighted by Crippen LogP contribution is 2.42. The maximum Gasteiger partial charge on any atom is 0.225 e. The van der Waals surface area contributed by atoms with Crippen molar-refractivity contribution in [2.75, 3.05) is 5.32 Å². The number of rotatable bonds is 2. The third kappa shape index (κ3) is 2.65. The van der Waals surface area contributed by atoms with Crippen LogP contribution < -0.4 is 5.32 Å². The summed E-state index contributed by atoms with van der Waals surface area (Å²) in [7, 11) is 0. The Labute approximate surface area is 143 Å². The van der Waals surface area contributed by atoms with Gasteiger partial charge in [0.1, 0.15) is 11.6 Å². The van der Waals surface area contributed by atoms with Crippen LogP contribution in [0.15, 0.2) is 42.6 Å². The number of anilines is 1. The number of hydrogen-bond donors (Lipinski definition) is 3.